The number of halogens is 1. The molecule has 0 amide bonds. The van der Waals surface area contributed by atoms with Gasteiger partial charge in [-0.05, 0) is 77.9 Å². The van der Waals surface area contributed by atoms with Crippen molar-refractivity contribution in [2.45, 2.75) is 31.9 Å². The van der Waals surface area contributed by atoms with Crippen LogP contribution in [-0.2, 0) is 6.61 Å². The summed E-state index contributed by atoms with van der Waals surface area (Å²) in [6.07, 6.45) is 7.65. The van der Waals surface area contributed by atoms with E-state index in [0.717, 1.165) is 23.2 Å². The number of aryl methyl sites for hydroxylation is 1. The predicted molar refractivity (Wildman–Crippen MR) is 153 cm³/mol. The molecule has 1 aliphatic heterocycles. The van der Waals surface area contributed by atoms with Gasteiger partial charge in [0.05, 0.1) is 16.8 Å². The normalized spacial score (nSPS) is 19.9. The van der Waals surface area contributed by atoms with Crippen LogP contribution < -0.4 is 10.1 Å². The lowest BCUT2D eigenvalue weighted by Gasteiger charge is -2.37. The quantitative estimate of drug-likeness (QED) is 0.210. The maximum atomic E-state index is 6.49. The molecule has 184 valence electrons. The van der Waals surface area contributed by atoms with Gasteiger partial charge in [0.2, 0.25) is 0 Å². The molecular formula is C33H29ClN2O. The molecule has 0 aromatic heterocycles. The van der Waals surface area contributed by atoms with Crippen molar-refractivity contribution in [2.75, 3.05) is 5.32 Å². The molecule has 0 saturated carbocycles. The molecule has 0 unspecified atom stereocenters. The van der Waals surface area contributed by atoms with Crippen LogP contribution in [0.3, 0.4) is 0 Å². The summed E-state index contributed by atoms with van der Waals surface area (Å²) in [5.74, 6) is 1.69. The molecular weight excluding hydrogens is 476 g/mol. The van der Waals surface area contributed by atoms with Crippen molar-refractivity contribution < 1.29 is 4.74 Å². The summed E-state index contributed by atoms with van der Waals surface area (Å²) >= 11 is 6.49. The van der Waals surface area contributed by atoms with Crippen LogP contribution >= 0.6 is 11.6 Å². The summed E-state index contributed by atoms with van der Waals surface area (Å²) in [5.41, 5.74) is 8.14. The Morgan fingerprint density at radius 1 is 0.973 bits per heavy atom. The van der Waals surface area contributed by atoms with Crippen LogP contribution in [0.1, 0.15) is 46.2 Å². The van der Waals surface area contributed by atoms with Crippen molar-refractivity contribution >= 4 is 29.2 Å². The Kier molecular flexibility index (Phi) is 6.55. The second kappa shape index (κ2) is 10.3. The third-order valence-electron chi connectivity index (χ3n) is 7.36. The lowest BCUT2D eigenvalue weighted by molar-refractivity contribution is 0.306. The number of benzene rings is 4. The third kappa shape index (κ3) is 5.05. The van der Waals surface area contributed by atoms with E-state index in [4.69, 9.17) is 16.3 Å². The maximum Gasteiger partial charge on any atom is 0.138 e. The van der Waals surface area contributed by atoms with E-state index in [-0.39, 0.29) is 0 Å². The Balaban J connectivity index is 1.12. The van der Waals surface area contributed by atoms with Crippen molar-refractivity contribution in [1.82, 2.24) is 0 Å². The summed E-state index contributed by atoms with van der Waals surface area (Å²) in [4.78, 5) is 4.68. The van der Waals surface area contributed by atoms with Crippen LogP contribution in [0, 0.1) is 12.8 Å². The Morgan fingerprint density at radius 2 is 1.78 bits per heavy atom. The monoisotopic (exact) mass is 504 g/mol. The van der Waals surface area contributed by atoms with Crippen molar-refractivity contribution in [1.29, 1.82) is 0 Å². The number of nitrogens with zero attached hydrogens (tertiary/aromatic N) is 1. The zero-order chi connectivity index (χ0) is 25.2. The maximum absolute atomic E-state index is 6.49. The average Bonchev–Trinajstić information content (AvgIpc) is 3.43. The lowest BCUT2D eigenvalue weighted by atomic mass is 9.77. The van der Waals surface area contributed by atoms with Crippen molar-refractivity contribution in [3.05, 3.63) is 136 Å². The molecule has 4 heteroatoms. The fourth-order valence-corrected chi connectivity index (χ4v) is 5.59. The molecule has 4 aromatic rings. The highest BCUT2D eigenvalue weighted by Gasteiger charge is 2.37. The molecule has 1 aliphatic carbocycles. The van der Waals surface area contributed by atoms with E-state index in [0.29, 0.717) is 35.3 Å². The Labute approximate surface area is 223 Å². The highest BCUT2D eigenvalue weighted by atomic mass is 35.5. The number of hydrogen-bond acceptors (Lipinski definition) is 3. The zero-order valence-corrected chi connectivity index (χ0v) is 21.5. The molecule has 0 saturated heterocycles. The van der Waals surface area contributed by atoms with Crippen LogP contribution in [0.15, 0.2) is 108 Å². The second-order valence-electron chi connectivity index (χ2n) is 9.88. The fraction of sp³-hybridized carbons (Fsp3) is 0.182. The minimum absolute atomic E-state index is 0.291. The summed E-state index contributed by atoms with van der Waals surface area (Å²) in [5, 5.41) is 4.37. The highest BCUT2D eigenvalue weighted by Crippen LogP contribution is 2.49. The van der Waals surface area contributed by atoms with E-state index in [9.17, 15) is 0 Å². The number of nitrogens with one attached hydrogen (secondary N) is 1. The topological polar surface area (TPSA) is 33.6 Å². The van der Waals surface area contributed by atoms with Gasteiger partial charge < -0.3 is 10.1 Å². The van der Waals surface area contributed by atoms with Crippen LogP contribution in [0.4, 0.5) is 11.4 Å². The first kappa shape index (κ1) is 23.6. The van der Waals surface area contributed by atoms with Gasteiger partial charge in [-0.1, -0.05) is 83.9 Å². The van der Waals surface area contributed by atoms with Crippen LogP contribution in [0.5, 0.6) is 5.75 Å². The summed E-state index contributed by atoms with van der Waals surface area (Å²) in [7, 11) is 0. The molecule has 0 radical (unpaired) electrons. The number of rotatable bonds is 6. The molecule has 3 atom stereocenters. The molecule has 4 aromatic carbocycles. The lowest BCUT2D eigenvalue weighted by Crippen LogP contribution is -2.28. The SMILES string of the molecule is Cc1ccc(COc2ccc(C=Nc3ccc([C@@H]4Nc5ccccc5[C@@H]5C=CC[C@H]54)cc3)cc2Cl)cc1. The average molecular weight is 505 g/mol. The number of fused-ring (bicyclic) bond motifs is 3. The number of hydrogen-bond donors (Lipinski definition) is 1. The van der Waals surface area contributed by atoms with Gasteiger partial charge in [-0.2, -0.15) is 0 Å². The summed E-state index contributed by atoms with van der Waals surface area (Å²) in [6.45, 7) is 2.56. The van der Waals surface area contributed by atoms with Gasteiger partial charge in [0.25, 0.3) is 0 Å². The van der Waals surface area contributed by atoms with Crippen LogP contribution in [0.2, 0.25) is 5.02 Å². The number of anilines is 1. The summed E-state index contributed by atoms with van der Waals surface area (Å²) in [6, 6.07) is 31.6. The van der Waals surface area contributed by atoms with E-state index in [1.54, 1.807) is 0 Å². The van der Waals surface area contributed by atoms with E-state index in [2.05, 4.69) is 102 Å². The van der Waals surface area contributed by atoms with Gasteiger partial charge in [0.15, 0.2) is 0 Å². The van der Waals surface area contributed by atoms with E-state index < -0.39 is 0 Å². The largest absolute Gasteiger partial charge is 0.487 e. The standard InChI is InChI=1S/C33H29ClN2O/c1-22-9-11-23(12-10-22)21-37-32-18-13-24(19-30(32)34)20-35-26-16-14-25(15-17-26)33-29-7-4-6-27(29)28-5-2-3-8-31(28)36-33/h2-6,8-20,27,29,33,36H,7,21H2,1H3/t27-,29+,33-/m0/s1. The minimum atomic E-state index is 0.291. The van der Waals surface area contributed by atoms with Gasteiger partial charge in [-0.25, -0.2) is 0 Å². The predicted octanol–water partition coefficient (Wildman–Crippen LogP) is 8.80. The Morgan fingerprint density at radius 3 is 2.59 bits per heavy atom. The van der Waals surface area contributed by atoms with Gasteiger partial charge in [-0.15, -0.1) is 0 Å². The van der Waals surface area contributed by atoms with Gasteiger partial charge in [0, 0.05) is 17.8 Å². The molecule has 0 spiro atoms. The van der Waals surface area contributed by atoms with E-state index in [1.807, 2.05) is 24.4 Å². The van der Waals surface area contributed by atoms with Crippen LogP contribution in [-0.4, -0.2) is 6.21 Å². The van der Waals surface area contributed by atoms with E-state index in [1.165, 1.54) is 22.4 Å². The number of allylic oxidation sites excluding steroid dienone is 2. The summed E-state index contributed by atoms with van der Waals surface area (Å²) < 4.78 is 5.92. The number of ether oxygens (including phenoxy) is 1. The first-order chi connectivity index (χ1) is 18.1. The van der Waals surface area contributed by atoms with Crippen molar-refractivity contribution in [3.8, 4) is 5.75 Å². The molecule has 2 aliphatic rings. The Hall–Kier alpha value is -3.82. The van der Waals surface area contributed by atoms with E-state index >= 15 is 0 Å². The first-order valence-corrected chi connectivity index (χ1v) is 13.2. The highest BCUT2D eigenvalue weighted by molar-refractivity contribution is 6.32. The molecule has 0 bridgehead atoms. The minimum Gasteiger partial charge on any atom is -0.487 e. The molecule has 3 nitrogen and oxygen atoms in total. The third-order valence-corrected chi connectivity index (χ3v) is 7.65. The molecule has 6 rings (SSSR count). The van der Waals surface area contributed by atoms with Crippen molar-refractivity contribution in [3.63, 3.8) is 0 Å². The fourth-order valence-electron chi connectivity index (χ4n) is 5.35. The molecule has 37 heavy (non-hydrogen) atoms. The van der Waals surface area contributed by atoms with Crippen molar-refractivity contribution in [2.24, 2.45) is 10.9 Å². The first-order valence-electron chi connectivity index (χ1n) is 12.8. The zero-order valence-electron chi connectivity index (χ0n) is 20.8. The second-order valence-corrected chi connectivity index (χ2v) is 10.3. The number of aliphatic imine (C=N–C) groups is 1. The van der Waals surface area contributed by atoms with Gasteiger partial charge in [-0.3, -0.25) is 4.99 Å². The number of para-hydroxylation sites is 1. The molecule has 1 N–H and O–H groups in total. The smallest absolute Gasteiger partial charge is 0.138 e. The molecule has 0 fully saturated rings. The van der Waals surface area contributed by atoms with Crippen LogP contribution in [0.25, 0.3) is 0 Å². The molecule has 1 heterocycles. The van der Waals surface area contributed by atoms with Gasteiger partial charge >= 0.3 is 0 Å². The van der Waals surface area contributed by atoms with Gasteiger partial charge in [0.1, 0.15) is 12.4 Å². The Bertz CT molecular complexity index is 1460.